The smallest absolute Gasteiger partial charge is 0.0972 e. The first-order chi connectivity index (χ1) is 22.8. The van der Waals surface area contributed by atoms with E-state index in [-0.39, 0.29) is 0 Å². The summed E-state index contributed by atoms with van der Waals surface area (Å²) in [6.07, 6.45) is 1.83. The maximum absolute atomic E-state index is 5.19. The highest BCUT2D eigenvalue weighted by molar-refractivity contribution is 6.17. The Kier molecular flexibility index (Phi) is 6.14. The van der Waals surface area contributed by atoms with Crippen molar-refractivity contribution in [2.45, 2.75) is 0 Å². The molecule has 0 bridgehead atoms. The third-order valence-electron chi connectivity index (χ3n) is 8.91. The first kappa shape index (κ1) is 26.2. The summed E-state index contributed by atoms with van der Waals surface area (Å²) in [5.74, 6) is 0. The summed E-state index contributed by atoms with van der Waals surface area (Å²) in [5.41, 5.74) is 11.7. The minimum atomic E-state index is 0.931. The van der Waals surface area contributed by atoms with E-state index in [9.17, 15) is 0 Å². The molecule has 0 spiro atoms. The topological polar surface area (TPSA) is 38.7 Å². The van der Waals surface area contributed by atoms with E-state index in [2.05, 4.69) is 157 Å². The Balaban J connectivity index is 1.08. The molecule has 3 heterocycles. The molecule has 3 nitrogen and oxygen atoms in total. The molecule has 0 fully saturated rings. The first-order valence-corrected chi connectivity index (χ1v) is 15.5. The van der Waals surface area contributed by atoms with Gasteiger partial charge >= 0.3 is 0 Å². The third kappa shape index (κ3) is 4.41. The van der Waals surface area contributed by atoms with Crippen molar-refractivity contribution in [2.75, 3.05) is 0 Å². The number of fused-ring (bicyclic) bond motifs is 6. The quantitative estimate of drug-likeness (QED) is 0.193. The number of rotatable bonds is 4. The van der Waals surface area contributed by atoms with Gasteiger partial charge in [-0.3, -0.25) is 4.98 Å². The summed E-state index contributed by atoms with van der Waals surface area (Å²) >= 11 is 0. The highest BCUT2D eigenvalue weighted by atomic mass is 14.8. The lowest BCUT2D eigenvalue weighted by Gasteiger charge is -2.14. The van der Waals surface area contributed by atoms with Crippen LogP contribution in [0.15, 0.2) is 164 Å². The molecule has 0 aliphatic rings. The lowest BCUT2D eigenvalue weighted by atomic mass is 9.92. The predicted octanol–water partition coefficient (Wildman–Crippen LogP) is 11.2. The fourth-order valence-corrected chi connectivity index (χ4v) is 6.62. The van der Waals surface area contributed by atoms with Crippen molar-refractivity contribution in [3.63, 3.8) is 0 Å². The largest absolute Gasteiger partial charge is 0.254 e. The number of hydrogen-bond donors (Lipinski definition) is 0. The molecule has 0 unspecified atom stereocenters. The van der Waals surface area contributed by atoms with Crippen molar-refractivity contribution in [1.29, 1.82) is 0 Å². The van der Waals surface area contributed by atoms with Crippen molar-refractivity contribution in [3.8, 4) is 44.8 Å². The van der Waals surface area contributed by atoms with E-state index in [0.29, 0.717) is 0 Å². The van der Waals surface area contributed by atoms with Crippen LogP contribution in [0.4, 0.5) is 0 Å². The van der Waals surface area contributed by atoms with E-state index in [1.54, 1.807) is 0 Å². The van der Waals surface area contributed by atoms with Gasteiger partial charge in [0, 0.05) is 44.3 Å². The molecule has 46 heavy (non-hydrogen) atoms. The highest BCUT2D eigenvalue weighted by Crippen LogP contribution is 2.39. The fraction of sp³-hybridized carbons (Fsp3) is 0. The lowest BCUT2D eigenvalue weighted by Crippen LogP contribution is -1.92. The molecule has 9 aromatic rings. The van der Waals surface area contributed by atoms with Gasteiger partial charge in [-0.2, -0.15) is 0 Å². The average Bonchev–Trinajstić information content (AvgIpc) is 3.14. The van der Waals surface area contributed by atoms with Crippen LogP contribution in [0.5, 0.6) is 0 Å². The van der Waals surface area contributed by atoms with Crippen molar-refractivity contribution in [1.82, 2.24) is 15.0 Å². The summed E-state index contributed by atoms with van der Waals surface area (Å²) < 4.78 is 0. The maximum atomic E-state index is 5.19. The standard InChI is InChI=1S/C43H27N3/c1-2-8-30(9-3-1)35-12-6-13-37-40(35)36-11-4-5-14-39(36)46-41(37)33-21-17-29(18-22-33)28-15-19-31(20-16-28)38-26-25-34-24-23-32-10-7-27-44-42(32)43(34)45-38/h1-27H. The zero-order valence-corrected chi connectivity index (χ0v) is 24.9. The Labute approximate surface area is 266 Å². The molecule has 9 rings (SSSR count). The third-order valence-corrected chi connectivity index (χ3v) is 8.91. The van der Waals surface area contributed by atoms with Crippen molar-refractivity contribution in [3.05, 3.63) is 164 Å². The van der Waals surface area contributed by atoms with Crippen molar-refractivity contribution in [2.24, 2.45) is 0 Å². The zero-order valence-electron chi connectivity index (χ0n) is 24.9. The molecule has 214 valence electrons. The van der Waals surface area contributed by atoms with Gasteiger partial charge in [-0.1, -0.05) is 140 Å². The van der Waals surface area contributed by atoms with Gasteiger partial charge in [-0.15, -0.1) is 0 Å². The monoisotopic (exact) mass is 585 g/mol. The van der Waals surface area contributed by atoms with Crippen molar-refractivity contribution >= 4 is 43.5 Å². The number of aromatic nitrogens is 3. The van der Waals surface area contributed by atoms with Crippen LogP contribution in [-0.2, 0) is 0 Å². The molecule has 0 atom stereocenters. The van der Waals surface area contributed by atoms with Gasteiger partial charge in [0.25, 0.3) is 0 Å². The van der Waals surface area contributed by atoms with E-state index in [4.69, 9.17) is 9.97 Å². The van der Waals surface area contributed by atoms with E-state index in [1.807, 2.05) is 12.3 Å². The zero-order chi connectivity index (χ0) is 30.5. The Morgan fingerprint density at radius 2 is 1.02 bits per heavy atom. The van der Waals surface area contributed by atoms with Crippen LogP contribution in [0.1, 0.15) is 0 Å². The maximum Gasteiger partial charge on any atom is 0.0972 e. The normalized spacial score (nSPS) is 11.5. The molecule has 0 radical (unpaired) electrons. The number of benzene rings is 6. The van der Waals surface area contributed by atoms with Gasteiger partial charge in [-0.05, 0) is 40.5 Å². The fourth-order valence-electron chi connectivity index (χ4n) is 6.62. The first-order valence-electron chi connectivity index (χ1n) is 15.5. The molecule has 6 aromatic carbocycles. The molecule has 0 N–H and O–H groups in total. The van der Waals surface area contributed by atoms with E-state index >= 15 is 0 Å². The van der Waals surface area contributed by atoms with Crippen molar-refractivity contribution < 1.29 is 0 Å². The second-order valence-corrected chi connectivity index (χ2v) is 11.6. The number of pyridine rings is 3. The Morgan fingerprint density at radius 1 is 0.370 bits per heavy atom. The van der Waals surface area contributed by atoms with Gasteiger partial charge in [0.1, 0.15) is 0 Å². The van der Waals surface area contributed by atoms with Crippen LogP contribution >= 0.6 is 0 Å². The average molecular weight is 586 g/mol. The molecular formula is C43H27N3. The molecule has 0 amide bonds. The van der Waals surface area contributed by atoms with Crippen LogP contribution < -0.4 is 0 Å². The number of para-hydroxylation sites is 1. The lowest BCUT2D eigenvalue weighted by molar-refractivity contribution is 1.37. The number of nitrogens with zero attached hydrogens (tertiary/aromatic N) is 3. The van der Waals surface area contributed by atoms with Crippen LogP contribution in [-0.4, -0.2) is 15.0 Å². The summed E-state index contributed by atoms with van der Waals surface area (Å²) in [7, 11) is 0. The van der Waals surface area contributed by atoms with Crippen LogP contribution in [0.2, 0.25) is 0 Å². The van der Waals surface area contributed by atoms with Gasteiger partial charge in [0.2, 0.25) is 0 Å². The summed E-state index contributed by atoms with van der Waals surface area (Å²) in [4.78, 5) is 14.8. The van der Waals surface area contributed by atoms with Gasteiger partial charge in [-0.25, -0.2) is 9.97 Å². The molecule has 0 saturated carbocycles. The molecule has 0 aliphatic heterocycles. The highest BCUT2D eigenvalue weighted by Gasteiger charge is 2.15. The minimum absolute atomic E-state index is 0.931. The number of hydrogen-bond acceptors (Lipinski definition) is 3. The molecule has 3 aromatic heterocycles. The molecule has 0 aliphatic carbocycles. The van der Waals surface area contributed by atoms with E-state index in [0.717, 1.165) is 66.4 Å². The summed E-state index contributed by atoms with van der Waals surface area (Å²) in [6, 6.07) is 55.5. The second-order valence-electron chi connectivity index (χ2n) is 11.6. The molecular weight excluding hydrogens is 558 g/mol. The van der Waals surface area contributed by atoms with Gasteiger partial charge in [0.05, 0.1) is 27.9 Å². The molecule has 3 heteroatoms. The van der Waals surface area contributed by atoms with Gasteiger partial charge < -0.3 is 0 Å². The summed E-state index contributed by atoms with van der Waals surface area (Å²) in [6.45, 7) is 0. The Bertz CT molecular complexity index is 2550. The Hall–Kier alpha value is -6.19. The SMILES string of the molecule is c1ccc(-c2cccc3c(-c4ccc(-c5ccc(-c6ccc7ccc8cccnc8c7n6)cc5)cc4)nc4ccccc4c23)cc1. The minimum Gasteiger partial charge on any atom is -0.254 e. The predicted molar refractivity (Wildman–Crippen MR) is 192 cm³/mol. The van der Waals surface area contributed by atoms with Crippen LogP contribution in [0, 0.1) is 0 Å². The van der Waals surface area contributed by atoms with E-state index in [1.165, 1.54) is 21.9 Å². The Morgan fingerprint density at radius 3 is 1.83 bits per heavy atom. The summed E-state index contributed by atoms with van der Waals surface area (Å²) in [5, 5.41) is 5.75. The van der Waals surface area contributed by atoms with Crippen LogP contribution in [0.3, 0.4) is 0 Å². The molecule has 0 saturated heterocycles. The van der Waals surface area contributed by atoms with Gasteiger partial charge in [0.15, 0.2) is 0 Å². The second kappa shape index (κ2) is 10.8. The van der Waals surface area contributed by atoms with E-state index < -0.39 is 0 Å². The van der Waals surface area contributed by atoms with Crippen LogP contribution in [0.25, 0.3) is 88.2 Å².